The number of hydrogen-bond acceptors (Lipinski definition) is 5. The Kier molecular flexibility index (Phi) is 4.76. The minimum absolute atomic E-state index is 0.0267. The summed E-state index contributed by atoms with van der Waals surface area (Å²) >= 11 is 0. The van der Waals surface area contributed by atoms with Crippen LogP contribution >= 0.6 is 0 Å². The Bertz CT molecular complexity index is 957. The van der Waals surface area contributed by atoms with Crippen molar-refractivity contribution in [2.45, 2.75) is 18.0 Å². The molecule has 0 atom stereocenters. The second-order valence-corrected chi connectivity index (χ2v) is 7.99. The van der Waals surface area contributed by atoms with Gasteiger partial charge in [0, 0.05) is 39.3 Å². The van der Waals surface area contributed by atoms with Gasteiger partial charge in [-0.15, -0.1) is 0 Å². The van der Waals surface area contributed by atoms with Crippen LogP contribution in [0, 0.1) is 6.92 Å². The quantitative estimate of drug-likeness (QED) is 0.805. The predicted octanol–water partition coefficient (Wildman–Crippen LogP) is 0.617. The Hall–Kier alpha value is -2.41. The van der Waals surface area contributed by atoms with Crippen LogP contribution in [0.5, 0.6) is 0 Å². The smallest absolute Gasteiger partial charge is 0.335 e. The fourth-order valence-electron chi connectivity index (χ4n) is 2.74. The lowest BCUT2D eigenvalue weighted by atomic mass is 10.3. The summed E-state index contributed by atoms with van der Waals surface area (Å²) in [5.74, 6) is -0.684. The van der Waals surface area contributed by atoms with E-state index in [9.17, 15) is 26.4 Å². The summed E-state index contributed by atoms with van der Waals surface area (Å²) in [7, 11) is -2.13. The zero-order chi connectivity index (χ0) is 20.0. The van der Waals surface area contributed by atoms with Crippen LogP contribution in [-0.2, 0) is 23.2 Å². The fourth-order valence-corrected chi connectivity index (χ4v) is 4.35. The van der Waals surface area contributed by atoms with E-state index in [-0.39, 0.29) is 36.8 Å². The van der Waals surface area contributed by atoms with E-state index in [0.29, 0.717) is 11.8 Å². The Morgan fingerprint density at radius 2 is 1.85 bits per heavy atom. The van der Waals surface area contributed by atoms with E-state index < -0.39 is 27.8 Å². The summed E-state index contributed by atoms with van der Waals surface area (Å²) in [6, 6.07) is 0.643. The molecule has 0 aromatic carbocycles. The number of hydrogen-bond donors (Lipinski definition) is 1. The molecule has 0 aliphatic carbocycles. The molecule has 0 spiro atoms. The van der Waals surface area contributed by atoms with Crippen LogP contribution in [0.4, 0.5) is 13.2 Å². The number of piperazine rings is 1. The molecule has 1 N–H and O–H groups in total. The highest BCUT2D eigenvalue weighted by Gasteiger charge is 2.36. The van der Waals surface area contributed by atoms with Crippen LogP contribution in [0.1, 0.15) is 21.9 Å². The first kappa shape index (κ1) is 19.4. The van der Waals surface area contributed by atoms with Gasteiger partial charge in [0.2, 0.25) is 10.0 Å². The molecule has 2 aromatic heterocycles. The lowest BCUT2D eigenvalue weighted by Crippen LogP contribution is -2.50. The van der Waals surface area contributed by atoms with Gasteiger partial charge >= 0.3 is 6.18 Å². The lowest BCUT2D eigenvalue weighted by Gasteiger charge is -2.33. The number of rotatable bonds is 3. The van der Waals surface area contributed by atoms with Crippen molar-refractivity contribution in [1.82, 2.24) is 29.2 Å². The highest BCUT2D eigenvalue weighted by molar-refractivity contribution is 7.89. The van der Waals surface area contributed by atoms with Gasteiger partial charge in [0.15, 0.2) is 5.69 Å². The molecule has 27 heavy (non-hydrogen) atoms. The molecule has 0 unspecified atom stereocenters. The summed E-state index contributed by atoms with van der Waals surface area (Å²) in [6.45, 7) is 1.78. The molecule has 1 amide bonds. The van der Waals surface area contributed by atoms with Crippen molar-refractivity contribution in [3.63, 3.8) is 0 Å². The zero-order valence-electron chi connectivity index (χ0n) is 14.5. The average Bonchev–Trinajstić information content (AvgIpc) is 3.22. The standard InChI is InChI=1S/C14H17F3N6O3S/c1-9-11(8-18-21(9)2)27(25,26)23-5-3-22(4-6-23)13(24)10-7-12(20-19-10)14(15,16)17/h7-8H,3-6H2,1-2H3,(H,19,20). The van der Waals surface area contributed by atoms with E-state index >= 15 is 0 Å². The maximum Gasteiger partial charge on any atom is 0.432 e. The molecule has 148 valence electrons. The SMILES string of the molecule is Cc1c(S(=O)(=O)N2CCN(C(=O)c3cc(C(F)(F)F)[nH]n3)CC2)cnn1C. The van der Waals surface area contributed by atoms with Crippen molar-refractivity contribution in [3.05, 3.63) is 29.3 Å². The Labute approximate surface area is 152 Å². The first-order valence-corrected chi connectivity index (χ1v) is 9.36. The van der Waals surface area contributed by atoms with Gasteiger partial charge in [-0.05, 0) is 6.92 Å². The topological polar surface area (TPSA) is 104 Å². The molecular weight excluding hydrogens is 389 g/mol. The van der Waals surface area contributed by atoms with Gasteiger partial charge in [-0.1, -0.05) is 0 Å². The summed E-state index contributed by atoms with van der Waals surface area (Å²) in [5.41, 5.74) is -0.981. The summed E-state index contributed by atoms with van der Waals surface area (Å²) in [5, 5.41) is 9.12. The molecule has 1 saturated heterocycles. The molecule has 0 saturated carbocycles. The number of amides is 1. The molecule has 1 aliphatic heterocycles. The first-order valence-electron chi connectivity index (χ1n) is 7.92. The van der Waals surface area contributed by atoms with Gasteiger partial charge in [0.25, 0.3) is 5.91 Å². The fraction of sp³-hybridized carbons (Fsp3) is 0.500. The van der Waals surface area contributed by atoms with Crippen molar-refractivity contribution in [1.29, 1.82) is 0 Å². The molecule has 0 bridgehead atoms. The van der Waals surface area contributed by atoms with Crippen LogP contribution in [0.3, 0.4) is 0 Å². The number of aryl methyl sites for hydroxylation is 1. The molecule has 3 heterocycles. The second kappa shape index (κ2) is 6.64. The number of carbonyl (C=O) groups excluding carboxylic acids is 1. The molecule has 9 nitrogen and oxygen atoms in total. The molecule has 1 fully saturated rings. The molecule has 2 aromatic rings. The highest BCUT2D eigenvalue weighted by atomic mass is 32.2. The zero-order valence-corrected chi connectivity index (χ0v) is 15.3. The van der Waals surface area contributed by atoms with Gasteiger partial charge < -0.3 is 4.90 Å². The third kappa shape index (κ3) is 3.56. The molecular formula is C14H17F3N6O3S. The van der Waals surface area contributed by atoms with E-state index in [1.165, 1.54) is 20.1 Å². The predicted molar refractivity (Wildman–Crippen MR) is 86.2 cm³/mol. The molecule has 1 aliphatic rings. The molecule has 3 rings (SSSR count). The van der Waals surface area contributed by atoms with Crippen LogP contribution < -0.4 is 0 Å². The van der Waals surface area contributed by atoms with Crippen molar-refractivity contribution in [3.8, 4) is 0 Å². The lowest BCUT2D eigenvalue weighted by molar-refractivity contribution is -0.141. The number of aromatic nitrogens is 4. The number of carbonyl (C=O) groups is 1. The van der Waals surface area contributed by atoms with Crippen LogP contribution in [0.15, 0.2) is 17.2 Å². The summed E-state index contributed by atoms with van der Waals surface area (Å²) < 4.78 is 65.9. The number of halogens is 3. The van der Waals surface area contributed by atoms with E-state index in [0.717, 1.165) is 0 Å². The van der Waals surface area contributed by atoms with E-state index in [1.54, 1.807) is 19.1 Å². The number of H-pyrrole nitrogens is 1. The Morgan fingerprint density at radius 1 is 1.22 bits per heavy atom. The number of aromatic amines is 1. The van der Waals surface area contributed by atoms with Crippen LogP contribution in [0.2, 0.25) is 0 Å². The van der Waals surface area contributed by atoms with E-state index in [1.807, 2.05) is 0 Å². The van der Waals surface area contributed by atoms with Gasteiger partial charge in [-0.2, -0.15) is 27.7 Å². The normalized spacial score (nSPS) is 16.7. The van der Waals surface area contributed by atoms with Gasteiger partial charge in [0.1, 0.15) is 10.6 Å². The second-order valence-electron chi connectivity index (χ2n) is 6.08. The number of nitrogens with zero attached hydrogens (tertiary/aromatic N) is 5. The van der Waals surface area contributed by atoms with Crippen LogP contribution in [0.25, 0.3) is 0 Å². The maximum atomic E-state index is 12.7. The van der Waals surface area contributed by atoms with Gasteiger partial charge in [-0.3, -0.25) is 14.6 Å². The number of alkyl halides is 3. The molecule has 0 radical (unpaired) electrons. The Balaban J connectivity index is 1.69. The van der Waals surface area contributed by atoms with Gasteiger partial charge in [-0.25, -0.2) is 8.42 Å². The third-order valence-corrected chi connectivity index (χ3v) is 6.44. The van der Waals surface area contributed by atoms with Gasteiger partial charge in [0.05, 0.1) is 11.9 Å². The van der Waals surface area contributed by atoms with E-state index in [4.69, 9.17) is 0 Å². The van der Waals surface area contributed by atoms with Crippen LogP contribution in [-0.4, -0.2) is 69.7 Å². The maximum absolute atomic E-state index is 12.7. The van der Waals surface area contributed by atoms with Crippen molar-refractivity contribution >= 4 is 15.9 Å². The van der Waals surface area contributed by atoms with Crippen molar-refractivity contribution in [2.24, 2.45) is 7.05 Å². The number of sulfonamides is 1. The van der Waals surface area contributed by atoms with Crippen molar-refractivity contribution < 1.29 is 26.4 Å². The monoisotopic (exact) mass is 406 g/mol. The Morgan fingerprint density at radius 3 is 2.33 bits per heavy atom. The number of nitrogens with one attached hydrogen (secondary N) is 1. The van der Waals surface area contributed by atoms with Crippen molar-refractivity contribution in [2.75, 3.05) is 26.2 Å². The first-order chi connectivity index (χ1) is 12.5. The third-order valence-electron chi connectivity index (χ3n) is 4.44. The highest BCUT2D eigenvalue weighted by Crippen LogP contribution is 2.28. The minimum atomic E-state index is -4.63. The minimum Gasteiger partial charge on any atom is -0.335 e. The summed E-state index contributed by atoms with van der Waals surface area (Å²) in [6.07, 6.45) is -3.36. The largest absolute Gasteiger partial charge is 0.432 e. The van der Waals surface area contributed by atoms with E-state index in [2.05, 4.69) is 10.2 Å². The average molecular weight is 406 g/mol. The molecule has 13 heteroatoms. The summed E-state index contributed by atoms with van der Waals surface area (Å²) in [4.78, 5) is 13.7.